The van der Waals surface area contributed by atoms with Crippen LogP contribution in [-0.2, 0) is 14.3 Å². The van der Waals surface area contributed by atoms with Gasteiger partial charge in [-0.25, -0.2) is 9.59 Å². The maximum absolute atomic E-state index is 13.7. The molecule has 1 aromatic carbocycles. The van der Waals surface area contributed by atoms with Crippen LogP contribution in [0.25, 0.3) is 0 Å². The summed E-state index contributed by atoms with van der Waals surface area (Å²) in [6.07, 6.45) is -3.29. The highest BCUT2D eigenvalue weighted by atomic mass is 32.1. The van der Waals surface area contributed by atoms with Crippen LogP contribution in [0.4, 0.5) is 0 Å². The van der Waals surface area contributed by atoms with E-state index in [0.29, 0.717) is 12.0 Å². The molecule has 15 heteroatoms. The van der Waals surface area contributed by atoms with Crippen LogP contribution in [-0.4, -0.2) is 121 Å². The smallest absolute Gasteiger partial charge is 0.338 e. The molecule has 4 saturated carbocycles. The quantitative estimate of drug-likeness (QED) is 0.104. The van der Waals surface area contributed by atoms with Crippen LogP contribution in [0, 0.1) is 23.2 Å². The predicted octanol–water partition coefficient (Wildman–Crippen LogP) is 1.56. The summed E-state index contributed by atoms with van der Waals surface area (Å²) in [5, 5.41) is 41.0. The van der Waals surface area contributed by atoms with Gasteiger partial charge < -0.3 is 29.9 Å². The van der Waals surface area contributed by atoms with E-state index in [2.05, 4.69) is 0 Å². The van der Waals surface area contributed by atoms with Crippen molar-refractivity contribution in [2.75, 3.05) is 6.61 Å². The maximum atomic E-state index is 13.7. The van der Waals surface area contributed by atoms with Crippen molar-refractivity contribution in [3.8, 4) is 0 Å². The van der Waals surface area contributed by atoms with Crippen molar-refractivity contribution in [3.05, 3.63) is 59.2 Å². The van der Waals surface area contributed by atoms with E-state index in [1.54, 1.807) is 25.1 Å². The Morgan fingerprint density at radius 1 is 0.940 bits per heavy atom. The van der Waals surface area contributed by atoms with E-state index in [1.807, 2.05) is 6.08 Å². The number of hydrogen-bond acceptors (Lipinski definition) is 9. The number of aliphatic hydroxyl groups is 4. The number of carbonyl (C=O) groups is 2. The van der Waals surface area contributed by atoms with Crippen LogP contribution < -0.4 is 0 Å². The highest BCUT2D eigenvalue weighted by Crippen LogP contribution is 2.81. The Morgan fingerprint density at radius 3 is 2.22 bits per heavy atom. The molecule has 13 atom stereocenters. The molecule has 4 N–H and O–H groups in total. The molecular formula is C35H40B6O8S. The molecule has 0 aliphatic heterocycles. The van der Waals surface area contributed by atoms with E-state index < -0.39 is 98.0 Å². The fourth-order valence-corrected chi connectivity index (χ4v) is 10.7. The largest absolute Gasteiger partial charge is 0.454 e. The highest BCUT2D eigenvalue weighted by molar-refractivity contribution is 7.83. The van der Waals surface area contributed by atoms with Crippen LogP contribution >= 0.6 is 12.6 Å². The lowest BCUT2D eigenvalue weighted by Crippen LogP contribution is -2.75. The van der Waals surface area contributed by atoms with E-state index >= 15 is 0 Å². The first-order chi connectivity index (χ1) is 23.3. The van der Waals surface area contributed by atoms with Crippen LogP contribution in [0.15, 0.2) is 53.6 Å². The third-order valence-electron chi connectivity index (χ3n) is 13.3. The van der Waals surface area contributed by atoms with Crippen molar-refractivity contribution in [1.29, 1.82) is 0 Å². The fourth-order valence-electron chi connectivity index (χ4n) is 10.4. The Bertz CT molecular complexity index is 1590. The summed E-state index contributed by atoms with van der Waals surface area (Å²) in [7, 11) is 41.8. The Hall–Kier alpha value is -1.78. The van der Waals surface area contributed by atoms with E-state index in [0.717, 1.165) is 0 Å². The van der Waals surface area contributed by atoms with E-state index in [1.165, 1.54) is 25.1 Å². The van der Waals surface area contributed by atoms with Gasteiger partial charge in [0, 0.05) is 16.3 Å². The summed E-state index contributed by atoms with van der Waals surface area (Å²) >= 11 is 4.79. The van der Waals surface area contributed by atoms with Gasteiger partial charge in [0.15, 0.2) is 6.10 Å². The summed E-state index contributed by atoms with van der Waals surface area (Å²) in [4.78, 5) is 27.0. The normalized spacial score (nSPS) is 46.5. The topological polar surface area (TPSA) is 134 Å². The second-order valence-electron chi connectivity index (χ2n) is 15.5. The maximum Gasteiger partial charge on any atom is 0.338 e. The van der Waals surface area contributed by atoms with Gasteiger partial charge in [-0.05, 0) is 62.4 Å². The molecule has 8 nitrogen and oxygen atoms in total. The summed E-state index contributed by atoms with van der Waals surface area (Å²) in [5.41, 5.74) is -1.11. The Kier molecular flexibility index (Phi) is 9.62. The minimum absolute atomic E-state index is 0.129. The molecule has 0 bridgehead atoms. The van der Waals surface area contributed by atoms with Crippen LogP contribution in [0.3, 0.4) is 0 Å². The van der Waals surface area contributed by atoms with Gasteiger partial charge in [-0.3, -0.25) is 0 Å². The van der Waals surface area contributed by atoms with E-state index in [-0.39, 0.29) is 43.2 Å². The standard InChI is InChI=1S/C35H40B6O8S/c1-3-17(2)28(46)49-27-26(48-29(47)18-7-5-4-6-8-18)30(16-42)20(15-33(27,38)50)19-9-10-21-31(36)13-12-23(43)35(40,41)22(31)11-14-32(21,37)34(19,39)25(45)24(30)44/h3-9,20-27,42-45,50H,10-16H2,1-2H3/b17-3-/t20?,21?,22?,23-,24+,25-,26-,27-,30-,31-,32-,33+,34+/m0/s1. The Balaban J connectivity index is 1.51. The van der Waals surface area contributed by atoms with Crippen LogP contribution in [0.5, 0.6) is 0 Å². The molecule has 0 spiro atoms. The van der Waals surface area contributed by atoms with E-state index in [9.17, 15) is 30.0 Å². The number of benzene rings is 1. The number of allylic oxidation sites excluding steroid dienone is 2. The second-order valence-corrected chi connectivity index (χ2v) is 16.3. The predicted molar refractivity (Wildman–Crippen MR) is 196 cm³/mol. The van der Waals surface area contributed by atoms with Gasteiger partial charge in [0.2, 0.25) is 0 Å². The lowest BCUT2D eigenvalue weighted by Gasteiger charge is -2.74. The molecule has 50 heavy (non-hydrogen) atoms. The number of ether oxygens (including phenoxy) is 2. The highest BCUT2D eigenvalue weighted by Gasteiger charge is 2.75. The van der Waals surface area contributed by atoms with Crippen molar-refractivity contribution in [2.45, 2.75) is 109 Å². The molecule has 0 heterocycles. The first-order valence-electron chi connectivity index (χ1n) is 17.2. The molecule has 4 fully saturated rings. The molecule has 0 aromatic heterocycles. The fraction of sp³-hybridized carbons (Fsp3) is 0.657. The monoisotopic (exact) mass is 686 g/mol. The Labute approximate surface area is 307 Å². The minimum atomic E-state index is -1.89. The molecule has 252 valence electrons. The Morgan fingerprint density at radius 2 is 1.60 bits per heavy atom. The average molecular weight is 686 g/mol. The first-order valence-corrected chi connectivity index (χ1v) is 17.6. The molecule has 3 unspecified atom stereocenters. The minimum Gasteiger partial charge on any atom is -0.454 e. The summed E-state index contributed by atoms with van der Waals surface area (Å²) in [5.74, 6) is -3.70. The summed E-state index contributed by atoms with van der Waals surface area (Å²) in [6, 6.07) is 8.04. The van der Waals surface area contributed by atoms with Crippen molar-refractivity contribution in [3.63, 3.8) is 0 Å². The second kappa shape index (κ2) is 12.7. The van der Waals surface area contributed by atoms with Crippen molar-refractivity contribution in [1.82, 2.24) is 0 Å². The van der Waals surface area contributed by atoms with Crippen LogP contribution in [0.1, 0.15) is 62.7 Å². The van der Waals surface area contributed by atoms with Crippen molar-refractivity contribution in [2.24, 2.45) is 23.2 Å². The molecule has 12 radical (unpaired) electrons. The zero-order valence-electron chi connectivity index (χ0n) is 28.4. The summed E-state index contributed by atoms with van der Waals surface area (Å²) in [6.45, 7) is 2.35. The lowest BCUT2D eigenvalue weighted by atomic mass is 9.20. The zero-order valence-corrected chi connectivity index (χ0v) is 29.3. The molecule has 0 saturated heterocycles. The molecule has 0 amide bonds. The third kappa shape index (κ3) is 5.09. The van der Waals surface area contributed by atoms with Gasteiger partial charge in [-0.15, -0.1) is 0 Å². The van der Waals surface area contributed by atoms with Gasteiger partial charge in [0.25, 0.3) is 0 Å². The van der Waals surface area contributed by atoms with E-state index in [4.69, 9.17) is 69.2 Å². The third-order valence-corrected chi connectivity index (χ3v) is 13.7. The van der Waals surface area contributed by atoms with Gasteiger partial charge >= 0.3 is 11.9 Å². The van der Waals surface area contributed by atoms with Gasteiger partial charge in [0.1, 0.15) is 6.10 Å². The average Bonchev–Trinajstić information content (AvgIpc) is 3.07. The molecule has 1 aromatic rings. The zero-order chi connectivity index (χ0) is 36.8. The van der Waals surface area contributed by atoms with Gasteiger partial charge in [0.05, 0.1) is 76.9 Å². The van der Waals surface area contributed by atoms with Crippen molar-refractivity contribution < 1.29 is 39.5 Å². The molecular weight excluding hydrogens is 645 g/mol. The first kappa shape index (κ1) is 38.0. The molecule has 5 aliphatic carbocycles. The SMILES string of the molecule is [B]C1([B])C2CC[C@]3([B])C(CC=C4C5C[C@@]([B])(S)[C@@H](OC(=O)/C(C)=C\C)[C@H](OC(=O)c6ccccc6)[C@]5(CO)[C@H](O)[C@H](O)[C@]43[B])[C@@]2([B])CC[C@@H]1O. The number of hydrogen-bond donors (Lipinski definition) is 5. The number of fused-ring (bicyclic) bond motifs is 7. The number of esters is 2. The van der Waals surface area contributed by atoms with Crippen molar-refractivity contribution >= 4 is 71.6 Å². The number of rotatable bonds is 5. The van der Waals surface area contributed by atoms with Crippen LogP contribution in [0.2, 0.25) is 21.2 Å². The lowest BCUT2D eigenvalue weighted by molar-refractivity contribution is -0.236. The summed E-state index contributed by atoms with van der Waals surface area (Å²) < 4.78 is 10.3. The molecule has 6 rings (SSSR count). The van der Waals surface area contributed by atoms with Gasteiger partial charge in [-0.1, -0.05) is 76.9 Å². The number of aliphatic hydroxyl groups excluding tert-OH is 4. The van der Waals surface area contributed by atoms with Gasteiger partial charge in [-0.2, -0.15) is 12.6 Å². The molecule has 5 aliphatic rings. The number of thiol groups is 1. The number of carbonyl (C=O) groups excluding carboxylic acids is 2.